The predicted molar refractivity (Wildman–Crippen MR) is 78.0 cm³/mol. The lowest BCUT2D eigenvalue weighted by atomic mass is 10.3. The van der Waals surface area contributed by atoms with Crippen molar-refractivity contribution in [3.05, 3.63) is 35.5 Å². The summed E-state index contributed by atoms with van der Waals surface area (Å²) in [5.74, 6) is -0.252. The van der Waals surface area contributed by atoms with E-state index in [9.17, 15) is 9.90 Å². The van der Waals surface area contributed by atoms with E-state index in [1.165, 1.54) is 23.1 Å². The number of H-pyrrole nitrogens is 1. The Morgan fingerprint density at radius 2 is 2.35 bits per heavy atom. The minimum Gasteiger partial charge on any atom is -0.497 e. The molecule has 0 unspecified atom stereocenters. The molecule has 1 aromatic carbocycles. The van der Waals surface area contributed by atoms with Crippen molar-refractivity contribution in [2.24, 2.45) is 0 Å². The molecular formula is C13H10N2O3S2. The monoisotopic (exact) mass is 306 g/mol. The Bertz CT molecular complexity index is 779. The number of methoxy groups -OCH3 is 1. The quantitative estimate of drug-likeness (QED) is 0.772. The molecule has 0 aliphatic heterocycles. The number of hydrogen-bond acceptors (Lipinski definition) is 5. The Hall–Kier alpha value is -1.99. The predicted octanol–water partition coefficient (Wildman–Crippen LogP) is 3.48. The van der Waals surface area contributed by atoms with Crippen LogP contribution in [0.25, 0.3) is 10.3 Å². The van der Waals surface area contributed by atoms with Crippen LogP contribution < -0.4 is 4.74 Å². The molecular weight excluding hydrogens is 296 g/mol. The van der Waals surface area contributed by atoms with E-state index < -0.39 is 5.97 Å². The van der Waals surface area contributed by atoms with E-state index in [4.69, 9.17) is 4.74 Å². The molecule has 0 aliphatic rings. The average molecular weight is 306 g/mol. The number of hydrogen-bond donors (Lipinski definition) is 2. The highest BCUT2D eigenvalue weighted by Gasteiger charge is 2.20. The number of aromatic amines is 1. The maximum atomic E-state index is 11.3. The van der Waals surface area contributed by atoms with Crippen molar-refractivity contribution in [1.29, 1.82) is 0 Å². The first-order valence-electron chi connectivity index (χ1n) is 5.69. The van der Waals surface area contributed by atoms with Crippen molar-refractivity contribution in [3.8, 4) is 5.75 Å². The number of benzene rings is 1. The smallest absolute Gasteiger partial charge is 0.353 e. The van der Waals surface area contributed by atoms with Crippen LogP contribution in [0.4, 0.5) is 0 Å². The third kappa shape index (κ3) is 2.25. The van der Waals surface area contributed by atoms with Gasteiger partial charge in [0.1, 0.15) is 21.8 Å². The summed E-state index contributed by atoms with van der Waals surface area (Å²) in [5, 5.41) is 9.27. The molecule has 0 atom stereocenters. The molecule has 0 saturated heterocycles. The third-order valence-corrected chi connectivity index (χ3v) is 4.56. The van der Waals surface area contributed by atoms with E-state index in [1.807, 2.05) is 24.3 Å². The standard InChI is InChI=1S/C13H10N2O3S2/c1-18-7-3-2-4-8(5-7)20-11-9-12(19-6-14-9)15-10(11)13(16)17/h2-6,15H,1H3,(H,16,17). The maximum absolute atomic E-state index is 11.3. The molecule has 2 aromatic heterocycles. The first-order chi connectivity index (χ1) is 9.69. The highest BCUT2D eigenvalue weighted by Crippen LogP contribution is 2.38. The van der Waals surface area contributed by atoms with E-state index in [2.05, 4.69) is 9.97 Å². The molecule has 2 N–H and O–H groups in total. The molecule has 0 fully saturated rings. The topological polar surface area (TPSA) is 75.2 Å². The molecule has 102 valence electrons. The van der Waals surface area contributed by atoms with E-state index in [-0.39, 0.29) is 5.69 Å². The number of carbonyl (C=O) groups is 1. The maximum Gasteiger partial charge on any atom is 0.353 e. The number of nitrogens with one attached hydrogen (secondary N) is 1. The van der Waals surface area contributed by atoms with Crippen molar-refractivity contribution in [2.45, 2.75) is 9.79 Å². The van der Waals surface area contributed by atoms with E-state index in [1.54, 1.807) is 12.6 Å². The van der Waals surface area contributed by atoms with Gasteiger partial charge in [-0.3, -0.25) is 0 Å². The summed E-state index contributed by atoms with van der Waals surface area (Å²) in [7, 11) is 1.60. The normalized spacial score (nSPS) is 10.8. The fourth-order valence-electron chi connectivity index (χ4n) is 1.82. The Labute approximate surface area is 122 Å². The van der Waals surface area contributed by atoms with Gasteiger partial charge in [0, 0.05) is 4.90 Å². The van der Waals surface area contributed by atoms with E-state index in [0.29, 0.717) is 10.4 Å². The first-order valence-corrected chi connectivity index (χ1v) is 7.39. The number of rotatable bonds is 4. The van der Waals surface area contributed by atoms with Crippen LogP contribution in [0, 0.1) is 0 Å². The Morgan fingerprint density at radius 1 is 1.50 bits per heavy atom. The van der Waals surface area contributed by atoms with Crippen LogP contribution in [0.2, 0.25) is 0 Å². The third-order valence-electron chi connectivity index (χ3n) is 2.72. The molecule has 0 saturated carbocycles. The zero-order chi connectivity index (χ0) is 14.1. The van der Waals surface area contributed by atoms with Gasteiger partial charge in [-0.15, -0.1) is 11.3 Å². The molecule has 5 nitrogen and oxygen atoms in total. The van der Waals surface area contributed by atoms with E-state index in [0.717, 1.165) is 15.5 Å². The number of fused-ring (bicyclic) bond motifs is 1. The van der Waals surface area contributed by atoms with Gasteiger partial charge < -0.3 is 14.8 Å². The SMILES string of the molecule is COc1cccc(Sc2c(C(=O)O)[nH]c3scnc23)c1. The van der Waals surface area contributed by atoms with Crippen molar-refractivity contribution >= 4 is 39.4 Å². The summed E-state index contributed by atoms with van der Waals surface area (Å²) in [4.78, 5) is 20.7. The van der Waals surface area contributed by atoms with Crippen molar-refractivity contribution in [1.82, 2.24) is 9.97 Å². The Kier molecular flexibility index (Phi) is 3.37. The first kappa shape index (κ1) is 13.0. The molecule has 7 heteroatoms. The molecule has 0 radical (unpaired) electrons. The lowest BCUT2D eigenvalue weighted by Crippen LogP contribution is -1.98. The van der Waals surface area contributed by atoms with Gasteiger partial charge in [-0.1, -0.05) is 17.8 Å². The van der Waals surface area contributed by atoms with Crippen molar-refractivity contribution in [3.63, 3.8) is 0 Å². The molecule has 3 rings (SSSR count). The Morgan fingerprint density at radius 3 is 3.10 bits per heavy atom. The summed E-state index contributed by atoms with van der Waals surface area (Å²) in [6.07, 6.45) is 0. The molecule has 3 aromatic rings. The number of aromatic nitrogens is 2. The lowest BCUT2D eigenvalue weighted by Gasteiger charge is -2.04. The highest BCUT2D eigenvalue weighted by atomic mass is 32.2. The van der Waals surface area contributed by atoms with Gasteiger partial charge in [0.25, 0.3) is 0 Å². The van der Waals surface area contributed by atoms with E-state index >= 15 is 0 Å². The van der Waals surface area contributed by atoms with Gasteiger partial charge in [0.2, 0.25) is 0 Å². The summed E-state index contributed by atoms with van der Waals surface area (Å²) >= 11 is 2.75. The molecule has 2 heterocycles. The van der Waals surface area contributed by atoms with Crippen molar-refractivity contribution < 1.29 is 14.6 Å². The minimum atomic E-state index is -0.986. The second kappa shape index (κ2) is 5.18. The van der Waals surface area contributed by atoms with Crippen LogP contribution in [0.1, 0.15) is 10.5 Å². The second-order valence-corrected chi connectivity index (χ2v) is 5.88. The van der Waals surface area contributed by atoms with Gasteiger partial charge in [-0.2, -0.15) is 0 Å². The molecule has 0 bridgehead atoms. The molecule has 0 spiro atoms. The molecule has 0 amide bonds. The van der Waals surface area contributed by atoms with Crippen LogP contribution >= 0.6 is 23.1 Å². The van der Waals surface area contributed by atoms with Crippen LogP contribution in [-0.2, 0) is 0 Å². The zero-order valence-electron chi connectivity index (χ0n) is 10.4. The summed E-state index contributed by atoms with van der Waals surface area (Å²) in [6, 6.07) is 7.48. The number of thiazole rings is 1. The number of carboxylic acid groups (broad SMARTS) is 1. The number of nitrogens with zero attached hydrogens (tertiary/aromatic N) is 1. The van der Waals surface area contributed by atoms with Gasteiger partial charge in [0.15, 0.2) is 0 Å². The largest absolute Gasteiger partial charge is 0.497 e. The Balaban J connectivity index is 2.06. The fraction of sp³-hybridized carbons (Fsp3) is 0.0769. The summed E-state index contributed by atoms with van der Waals surface area (Å²) in [6.45, 7) is 0. The van der Waals surface area contributed by atoms with Gasteiger partial charge in [0.05, 0.1) is 17.5 Å². The molecule has 20 heavy (non-hydrogen) atoms. The summed E-state index contributed by atoms with van der Waals surface area (Å²) < 4.78 is 5.17. The summed E-state index contributed by atoms with van der Waals surface area (Å²) in [5.41, 5.74) is 2.56. The number of aromatic carboxylic acids is 1. The van der Waals surface area contributed by atoms with Gasteiger partial charge in [-0.05, 0) is 18.2 Å². The number of ether oxygens (including phenoxy) is 1. The zero-order valence-corrected chi connectivity index (χ0v) is 12.0. The van der Waals surface area contributed by atoms with Crippen LogP contribution in [0.5, 0.6) is 5.75 Å². The fourth-order valence-corrected chi connectivity index (χ4v) is 3.62. The minimum absolute atomic E-state index is 0.173. The van der Waals surface area contributed by atoms with Crippen LogP contribution in [0.15, 0.2) is 39.6 Å². The lowest BCUT2D eigenvalue weighted by molar-refractivity contribution is 0.0688. The number of carboxylic acids is 1. The highest BCUT2D eigenvalue weighted by molar-refractivity contribution is 7.99. The van der Waals surface area contributed by atoms with Crippen molar-refractivity contribution in [2.75, 3.05) is 7.11 Å². The second-order valence-electron chi connectivity index (χ2n) is 3.95. The van der Waals surface area contributed by atoms with Gasteiger partial charge >= 0.3 is 5.97 Å². The average Bonchev–Trinajstić information content (AvgIpc) is 3.01. The van der Waals surface area contributed by atoms with Gasteiger partial charge in [-0.25, -0.2) is 9.78 Å². The van der Waals surface area contributed by atoms with Crippen LogP contribution in [-0.4, -0.2) is 28.2 Å². The van der Waals surface area contributed by atoms with Crippen LogP contribution in [0.3, 0.4) is 0 Å². The molecule has 0 aliphatic carbocycles.